The van der Waals surface area contributed by atoms with Crippen molar-refractivity contribution in [3.8, 4) is 11.4 Å². The molecule has 0 saturated heterocycles. The number of likely N-dealkylation sites (N-methyl/N-ethyl adjacent to an activating group) is 1. The summed E-state index contributed by atoms with van der Waals surface area (Å²) in [5, 5.41) is 0. The first-order chi connectivity index (χ1) is 10.6. The molecule has 0 unspecified atom stereocenters. The molecule has 114 valence electrons. The van der Waals surface area contributed by atoms with Crippen molar-refractivity contribution in [1.29, 1.82) is 0 Å². The Morgan fingerprint density at radius 3 is 2.59 bits per heavy atom. The molecule has 0 saturated carbocycles. The molecule has 0 radical (unpaired) electrons. The van der Waals surface area contributed by atoms with E-state index in [4.69, 9.17) is 4.98 Å². The average Bonchev–Trinajstić information content (AvgIpc) is 2.86. The molecule has 0 aliphatic carbocycles. The topological polar surface area (TPSA) is 38.1 Å². The number of aromatic nitrogens is 2. The molecule has 2 heterocycles. The Hall–Kier alpha value is -2.20. The molecule has 0 atom stereocenters. The number of hydrogen-bond acceptors (Lipinski definition) is 3. The summed E-state index contributed by atoms with van der Waals surface area (Å²) in [5.74, 6) is 0.899. The summed E-state index contributed by atoms with van der Waals surface area (Å²) in [6.07, 6.45) is 1.67. The number of carbonyl (C=O) groups is 1. The summed E-state index contributed by atoms with van der Waals surface area (Å²) in [7, 11) is 2.08. The van der Waals surface area contributed by atoms with Crippen LogP contribution in [0.5, 0.6) is 0 Å². The number of rotatable bonds is 3. The Morgan fingerprint density at radius 1 is 1.18 bits per heavy atom. The van der Waals surface area contributed by atoms with Crippen LogP contribution in [0, 0.1) is 0 Å². The van der Waals surface area contributed by atoms with E-state index in [-0.39, 0.29) is 5.78 Å². The van der Waals surface area contributed by atoms with Crippen LogP contribution in [0.4, 0.5) is 0 Å². The predicted molar refractivity (Wildman–Crippen MR) is 87.8 cm³/mol. The van der Waals surface area contributed by atoms with E-state index in [9.17, 15) is 4.79 Å². The molecule has 0 spiro atoms. The Labute approximate surface area is 131 Å². The average molecular weight is 295 g/mol. The van der Waals surface area contributed by atoms with Gasteiger partial charge in [-0.3, -0.25) is 9.69 Å². The fraction of sp³-hybridized carbons (Fsp3) is 0.333. The fourth-order valence-corrected chi connectivity index (χ4v) is 2.83. The van der Waals surface area contributed by atoms with Gasteiger partial charge in [-0.2, -0.15) is 0 Å². The molecule has 4 nitrogen and oxygen atoms in total. The van der Waals surface area contributed by atoms with Crippen LogP contribution in [0.25, 0.3) is 11.4 Å². The molecule has 2 aromatic rings. The molecule has 0 bridgehead atoms. The van der Waals surface area contributed by atoms with Gasteiger partial charge in [-0.15, -0.1) is 0 Å². The van der Waals surface area contributed by atoms with Crippen LogP contribution in [0.3, 0.4) is 0 Å². The number of carbonyl (C=O) groups excluding carboxylic acids is 1. The smallest absolute Gasteiger partial charge is 0.206 e. The number of ketones is 1. The van der Waals surface area contributed by atoms with E-state index >= 15 is 0 Å². The molecule has 0 amide bonds. The monoisotopic (exact) mass is 295 g/mol. The van der Waals surface area contributed by atoms with Crippen LogP contribution in [-0.4, -0.2) is 33.8 Å². The molecular formula is C18H21N3O. The van der Waals surface area contributed by atoms with Gasteiger partial charge in [0, 0.05) is 25.2 Å². The summed E-state index contributed by atoms with van der Waals surface area (Å²) in [6.45, 7) is 6.47. The summed E-state index contributed by atoms with van der Waals surface area (Å²) in [5.41, 5.74) is 3.67. The highest BCUT2D eigenvalue weighted by Crippen LogP contribution is 2.26. The van der Waals surface area contributed by atoms with Gasteiger partial charge in [-0.1, -0.05) is 35.9 Å². The Morgan fingerprint density at radius 2 is 1.91 bits per heavy atom. The lowest BCUT2D eigenvalue weighted by Crippen LogP contribution is -2.31. The third kappa shape index (κ3) is 2.74. The highest BCUT2D eigenvalue weighted by Gasteiger charge is 2.25. The van der Waals surface area contributed by atoms with E-state index in [0.29, 0.717) is 5.69 Å². The van der Waals surface area contributed by atoms with Gasteiger partial charge >= 0.3 is 0 Å². The van der Waals surface area contributed by atoms with E-state index in [1.807, 2.05) is 44.2 Å². The van der Waals surface area contributed by atoms with Crippen molar-refractivity contribution in [3.63, 3.8) is 0 Å². The first kappa shape index (κ1) is 14.7. The third-order valence-corrected chi connectivity index (χ3v) is 3.88. The molecule has 4 heteroatoms. The first-order valence-corrected chi connectivity index (χ1v) is 7.59. The number of imidazole rings is 1. The predicted octanol–water partition coefficient (Wildman–Crippen LogP) is 3.14. The molecule has 1 aromatic heterocycles. The quantitative estimate of drug-likeness (QED) is 0.645. The molecule has 0 fully saturated rings. The second-order valence-electron chi connectivity index (χ2n) is 6.07. The maximum absolute atomic E-state index is 12.5. The van der Waals surface area contributed by atoms with Gasteiger partial charge in [0.25, 0.3) is 0 Å². The molecule has 3 rings (SSSR count). The number of fused-ring (bicyclic) bond motifs is 1. The summed E-state index contributed by atoms with van der Waals surface area (Å²) < 4.78 is 2.20. The second kappa shape index (κ2) is 5.89. The Balaban J connectivity index is 2.13. The van der Waals surface area contributed by atoms with Crippen molar-refractivity contribution >= 4 is 5.78 Å². The van der Waals surface area contributed by atoms with Crippen molar-refractivity contribution in [2.75, 3.05) is 13.6 Å². The first-order valence-electron chi connectivity index (χ1n) is 7.59. The molecular weight excluding hydrogens is 274 g/mol. The minimum atomic E-state index is 0.00114. The highest BCUT2D eigenvalue weighted by molar-refractivity contribution is 6.04. The van der Waals surface area contributed by atoms with Crippen LogP contribution < -0.4 is 0 Å². The van der Waals surface area contributed by atoms with E-state index in [1.165, 1.54) is 0 Å². The zero-order chi connectivity index (χ0) is 15.7. The maximum Gasteiger partial charge on any atom is 0.206 e. The van der Waals surface area contributed by atoms with Gasteiger partial charge < -0.3 is 4.57 Å². The normalized spacial score (nSPS) is 14.5. The van der Waals surface area contributed by atoms with Crippen molar-refractivity contribution < 1.29 is 4.79 Å². The van der Waals surface area contributed by atoms with E-state index in [1.54, 1.807) is 6.08 Å². The van der Waals surface area contributed by atoms with E-state index in [2.05, 4.69) is 16.5 Å². The second-order valence-corrected chi connectivity index (χ2v) is 6.07. The van der Waals surface area contributed by atoms with Crippen molar-refractivity contribution in [3.05, 3.63) is 53.4 Å². The zero-order valence-corrected chi connectivity index (χ0v) is 13.3. The van der Waals surface area contributed by atoms with Crippen LogP contribution in [0.2, 0.25) is 0 Å². The molecule has 0 N–H and O–H groups in total. The van der Waals surface area contributed by atoms with Crippen molar-refractivity contribution in [2.24, 2.45) is 0 Å². The van der Waals surface area contributed by atoms with E-state index < -0.39 is 0 Å². The van der Waals surface area contributed by atoms with Gasteiger partial charge in [-0.05, 0) is 27.0 Å². The summed E-state index contributed by atoms with van der Waals surface area (Å²) in [4.78, 5) is 19.4. The van der Waals surface area contributed by atoms with Crippen molar-refractivity contribution in [1.82, 2.24) is 14.5 Å². The third-order valence-electron chi connectivity index (χ3n) is 3.88. The van der Waals surface area contributed by atoms with Crippen LogP contribution >= 0.6 is 0 Å². The number of allylic oxidation sites excluding steroid dienone is 2. The molecule has 1 aromatic carbocycles. The van der Waals surface area contributed by atoms with Gasteiger partial charge in [0.2, 0.25) is 5.78 Å². The Bertz CT molecular complexity index is 724. The Kier molecular flexibility index (Phi) is 3.94. The maximum atomic E-state index is 12.5. The number of benzene rings is 1. The SMILES string of the molecule is CC(C)=CC(=O)c1nc(-c2ccccc2)n2c1CN(C)CC2. The fourth-order valence-electron chi connectivity index (χ4n) is 2.83. The lowest BCUT2D eigenvalue weighted by molar-refractivity contribution is 0.103. The minimum Gasteiger partial charge on any atom is -0.325 e. The number of nitrogens with zero attached hydrogens (tertiary/aromatic N) is 3. The largest absolute Gasteiger partial charge is 0.325 e. The molecule has 22 heavy (non-hydrogen) atoms. The minimum absolute atomic E-state index is 0.00114. The zero-order valence-electron chi connectivity index (χ0n) is 13.3. The van der Waals surface area contributed by atoms with Gasteiger partial charge in [-0.25, -0.2) is 4.98 Å². The van der Waals surface area contributed by atoms with Crippen molar-refractivity contribution in [2.45, 2.75) is 26.9 Å². The summed E-state index contributed by atoms with van der Waals surface area (Å²) >= 11 is 0. The molecule has 1 aliphatic heterocycles. The van der Waals surface area contributed by atoms with Gasteiger partial charge in [0.15, 0.2) is 0 Å². The summed E-state index contributed by atoms with van der Waals surface area (Å²) in [6, 6.07) is 10.1. The van der Waals surface area contributed by atoms with Gasteiger partial charge in [0.1, 0.15) is 11.5 Å². The van der Waals surface area contributed by atoms with Crippen LogP contribution in [-0.2, 0) is 13.1 Å². The lowest BCUT2D eigenvalue weighted by atomic mass is 10.1. The standard InChI is InChI=1S/C18H21N3O/c1-13(2)11-16(22)17-15-12-20(3)9-10-21(15)18(19-17)14-7-5-4-6-8-14/h4-8,11H,9-10,12H2,1-3H3. The highest BCUT2D eigenvalue weighted by atomic mass is 16.1. The number of hydrogen-bond donors (Lipinski definition) is 0. The van der Waals surface area contributed by atoms with Gasteiger partial charge in [0.05, 0.1) is 5.69 Å². The molecule has 1 aliphatic rings. The van der Waals surface area contributed by atoms with Crippen LogP contribution in [0.15, 0.2) is 42.0 Å². The lowest BCUT2D eigenvalue weighted by Gasteiger charge is -2.25. The van der Waals surface area contributed by atoms with E-state index in [0.717, 1.165) is 42.3 Å². The van der Waals surface area contributed by atoms with Crippen LogP contribution in [0.1, 0.15) is 30.0 Å².